The van der Waals surface area contributed by atoms with Gasteiger partial charge in [-0.25, -0.2) is 0 Å². The van der Waals surface area contributed by atoms with E-state index < -0.39 is 11.9 Å². The highest BCUT2D eigenvalue weighted by Crippen LogP contribution is 2.28. The van der Waals surface area contributed by atoms with Crippen LogP contribution in [-0.4, -0.2) is 35.9 Å². The molecule has 6 heteroatoms. The van der Waals surface area contributed by atoms with Crippen molar-refractivity contribution in [3.63, 3.8) is 0 Å². The monoisotopic (exact) mass is 385 g/mol. The SMILES string of the molecule is O=C(O)[C@H](c1ccc(Cl)cc1)c1ccc(N(CCCl)CCCl)cc1. The lowest BCUT2D eigenvalue weighted by Gasteiger charge is -2.23. The zero-order chi connectivity index (χ0) is 17.5. The number of hydrogen-bond donors (Lipinski definition) is 1. The largest absolute Gasteiger partial charge is 0.481 e. The Kier molecular flexibility index (Phi) is 7.22. The highest BCUT2D eigenvalue weighted by atomic mass is 35.5. The quantitative estimate of drug-likeness (QED) is 0.660. The summed E-state index contributed by atoms with van der Waals surface area (Å²) < 4.78 is 0. The molecule has 128 valence electrons. The number of halogens is 3. The van der Waals surface area contributed by atoms with Crippen LogP contribution in [0.1, 0.15) is 17.0 Å². The van der Waals surface area contributed by atoms with Crippen LogP contribution in [-0.2, 0) is 4.79 Å². The molecule has 2 aromatic rings. The van der Waals surface area contributed by atoms with E-state index in [1.54, 1.807) is 24.3 Å². The number of anilines is 1. The van der Waals surface area contributed by atoms with Crippen LogP contribution in [0.5, 0.6) is 0 Å². The van der Waals surface area contributed by atoms with Gasteiger partial charge in [-0.15, -0.1) is 23.2 Å². The fourth-order valence-corrected chi connectivity index (χ4v) is 3.12. The third kappa shape index (κ3) is 4.79. The van der Waals surface area contributed by atoms with Crippen LogP contribution >= 0.6 is 34.8 Å². The van der Waals surface area contributed by atoms with Gasteiger partial charge in [0, 0.05) is 35.6 Å². The van der Waals surface area contributed by atoms with Crippen molar-refractivity contribution in [2.45, 2.75) is 5.92 Å². The number of carboxylic acids is 1. The normalized spacial score (nSPS) is 12.0. The van der Waals surface area contributed by atoms with Gasteiger partial charge in [0.25, 0.3) is 0 Å². The van der Waals surface area contributed by atoms with Crippen molar-refractivity contribution in [3.8, 4) is 0 Å². The molecule has 0 saturated carbocycles. The molecule has 0 heterocycles. The number of rotatable bonds is 8. The average Bonchev–Trinajstić information content (AvgIpc) is 2.57. The van der Waals surface area contributed by atoms with Crippen molar-refractivity contribution < 1.29 is 9.90 Å². The molecule has 0 saturated heterocycles. The summed E-state index contributed by atoms with van der Waals surface area (Å²) in [6.45, 7) is 1.38. The Morgan fingerprint density at radius 2 is 1.38 bits per heavy atom. The molecular formula is C18H18Cl3NO2. The summed E-state index contributed by atoms with van der Waals surface area (Å²) in [5.74, 6) is -0.628. The molecule has 0 unspecified atom stereocenters. The number of alkyl halides is 2. The number of benzene rings is 2. The number of carboxylic acid groups (broad SMARTS) is 1. The minimum atomic E-state index is -0.900. The maximum Gasteiger partial charge on any atom is 0.315 e. The van der Waals surface area contributed by atoms with Gasteiger partial charge in [0.1, 0.15) is 5.92 Å². The van der Waals surface area contributed by atoms with Gasteiger partial charge in [-0.2, -0.15) is 0 Å². The first-order chi connectivity index (χ1) is 11.6. The lowest BCUT2D eigenvalue weighted by molar-refractivity contribution is -0.137. The standard InChI is InChI=1S/C18H18Cl3NO2/c19-9-11-22(12-10-20)16-7-3-14(4-8-16)17(18(23)24)13-1-5-15(21)6-2-13/h1-8,17H,9-12H2,(H,23,24)/t17-/m1/s1. The molecule has 1 atom stereocenters. The summed E-state index contributed by atoms with van der Waals surface area (Å²) in [5.41, 5.74) is 2.38. The first kappa shape index (κ1) is 18.9. The highest BCUT2D eigenvalue weighted by molar-refractivity contribution is 6.30. The first-order valence-electron chi connectivity index (χ1n) is 7.52. The minimum absolute atomic E-state index is 0.501. The second kappa shape index (κ2) is 9.16. The fourth-order valence-electron chi connectivity index (χ4n) is 2.58. The highest BCUT2D eigenvalue weighted by Gasteiger charge is 2.22. The molecule has 2 aromatic carbocycles. The zero-order valence-electron chi connectivity index (χ0n) is 13.0. The molecule has 2 rings (SSSR count). The minimum Gasteiger partial charge on any atom is -0.481 e. The fraction of sp³-hybridized carbons (Fsp3) is 0.278. The van der Waals surface area contributed by atoms with E-state index in [-0.39, 0.29) is 0 Å². The van der Waals surface area contributed by atoms with Gasteiger partial charge in [0.05, 0.1) is 0 Å². The topological polar surface area (TPSA) is 40.5 Å². The van der Waals surface area contributed by atoms with Crippen LogP contribution in [0.2, 0.25) is 5.02 Å². The second-order valence-corrected chi connectivity index (χ2v) is 6.47. The molecule has 0 fully saturated rings. The van der Waals surface area contributed by atoms with Gasteiger partial charge in [-0.1, -0.05) is 35.9 Å². The smallest absolute Gasteiger partial charge is 0.315 e. The Morgan fingerprint density at radius 3 is 1.79 bits per heavy atom. The Labute approximate surface area is 156 Å². The van der Waals surface area contributed by atoms with Crippen molar-refractivity contribution >= 4 is 46.5 Å². The van der Waals surface area contributed by atoms with E-state index in [2.05, 4.69) is 4.90 Å². The van der Waals surface area contributed by atoms with E-state index in [0.717, 1.165) is 5.69 Å². The van der Waals surface area contributed by atoms with Crippen LogP contribution in [0.25, 0.3) is 0 Å². The Morgan fingerprint density at radius 1 is 0.917 bits per heavy atom. The summed E-state index contributed by atoms with van der Waals surface area (Å²) in [7, 11) is 0. The van der Waals surface area contributed by atoms with Gasteiger partial charge in [-0.05, 0) is 35.4 Å². The third-order valence-corrected chi connectivity index (χ3v) is 4.34. The molecule has 0 aliphatic rings. The molecule has 24 heavy (non-hydrogen) atoms. The Balaban J connectivity index is 2.28. The second-order valence-electron chi connectivity index (χ2n) is 5.28. The maximum absolute atomic E-state index is 11.7. The molecule has 0 amide bonds. The van der Waals surface area contributed by atoms with Crippen molar-refractivity contribution in [1.82, 2.24) is 0 Å². The van der Waals surface area contributed by atoms with Gasteiger partial charge < -0.3 is 10.0 Å². The summed E-state index contributed by atoms with van der Waals surface area (Å²) in [4.78, 5) is 13.8. The molecule has 0 bridgehead atoms. The Bertz CT molecular complexity index is 653. The van der Waals surface area contributed by atoms with Gasteiger partial charge in [-0.3, -0.25) is 4.79 Å². The number of nitrogens with zero attached hydrogens (tertiary/aromatic N) is 1. The van der Waals surface area contributed by atoms with Gasteiger partial charge in [0.15, 0.2) is 0 Å². The third-order valence-electron chi connectivity index (χ3n) is 3.75. The first-order valence-corrected chi connectivity index (χ1v) is 8.96. The van der Waals surface area contributed by atoms with Crippen LogP contribution in [0.15, 0.2) is 48.5 Å². The maximum atomic E-state index is 11.7. The van der Waals surface area contributed by atoms with Crippen LogP contribution < -0.4 is 4.90 Å². The molecule has 0 aromatic heterocycles. The van der Waals surface area contributed by atoms with E-state index >= 15 is 0 Å². The molecule has 1 N–H and O–H groups in total. The predicted octanol–water partition coefficient (Wildman–Crippen LogP) is 4.84. The molecular weight excluding hydrogens is 369 g/mol. The molecule has 0 spiro atoms. The van der Waals surface area contributed by atoms with E-state index in [1.807, 2.05) is 24.3 Å². The lowest BCUT2D eigenvalue weighted by Crippen LogP contribution is -2.27. The summed E-state index contributed by atoms with van der Waals surface area (Å²) in [5, 5.41) is 10.2. The molecule has 3 nitrogen and oxygen atoms in total. The van der Waals surface area contributed by atoms with Crippen LogP contribution in [0.3, 0.4) is 0 Å². The van der Waals surface area contributed by atoms with Crippen molar-refractivity contribution in [1.29, 1.82) is 0 Å². The Hall–Kier alpha value is -1.42. The van der Waals surface area contributed by atoms with Crippen LogP contribution in [0, 0.1) is 0 Å². The molecule has 0 radical (unpaired) electrons. The van der Waals surface area contributed by atoms with Gasteiger partial charge >= 0.3 is 5.97 Å². The van der Waals surface area contributed by atoms with Gasteiger partial charge in [0.2, 0.25) is 0 Å². The summed E-state index contributed by atoms with van der Waals surface area (Å²) in [6.07, 6.45) is 0. The van der Waals surface area contributed by atoms with E-state index in [4.69, 9.17) is 34.8 Å². The van der Waals surface area contributed by atoms with Crippen molar-refractivity contribution in [2.24, 2.45) is 0 Å². The van der Waals surface area contributed by atoms with Crippen molar-refractivity contribution in [3.05, 3.63) is 64.7 Å². The van der Waals surface area contributed by atoms with E-state index in [1.165, 1.54) is 0 Å². The molecule has 0 aliphatic heterocycles. The van der Waals surface area contributed by atoms with E-state index in [9.17, 15) is 9.90 Å². The number of carbonyl (C=O) groups is 1. The molecule has 0 aliphatic carbocycles. The summed E-state index contributed by atoms with van der Waals surface area (Å²) >= 11 is 17.5. The number of hydrogen-bond acceptors (Lipinski definition) is 2. The predicted molar refractivity (Wildman–Crippen MR) is 101 cm³/mol. The summed E-state index contributed by atoms with van der Waals surface area (Å²) in [6, 6.07) is 14.3. The number of aliphatic carboxylic acids is 1. The van der Waals surface area contributed by atoms with Crippen molar-refractivity contribution in [2.75, 3.05) is 29.7 Å². The van der Waals surface area contributed by atoms with Crippen LogP contribution in [0.4, 0.5) is 5.69 Å². The average molecular weight is 387 g/mol. The van der Waals surface area contributed by atoms with E-state index in [0.29, 0.717) is 41.0 Å². The zero-order valence-corrected chi connectivity index (χ0v) is 15.2. The lowest BCUT2D eigenvalue weighted by atomic mass is 9.91.